The van der Waals surface area contributed by atoms with E-state index in [1.54, 1.807) is 0 Å². The molecule has 2 rings (SSSR count). The van der Waals surface area contributed by atoms with Crippen molar-refractivity contribution >= 4 is 27.5 Å². The van der Waals surface area contributed by atoms with E-state index in [1.807, 2.05) is 0 Å². The fraction of sp³-hybridized carbons (Fsp3) is 0.200. The van der Waals surface area contributed by atoms with Crippen molar-refractivity contribution in [1.82, 2.24) is 10.1 Å². The highest BCUT2D eigenvalue weighted by atomic mass is 79.9. The predicted molar refractivity (Wildman–Crippen MR) is 62.1 cm³/mol. The van der Waals surface area contributed by atoms with Crippen molar-refractivity contribution in [3.63, 3.8) is 0 Å². The number of benzene rings is 1. The van der Waals surface area contributed by atoms with Crippen molar-refractivity contribution < 1.29 is 17.7 Å². The van der Waals surface area contributed by atoms with Crippen LogP contribution >= 0.6 is 27.5 Å². The number of rotatable bonds is 3. The van der Waals surface area contributed by atoms with Gasteiger partial charge < -0.3 is 4.52 Å². The molecule has 0 fully saturated rings. The molecule has 1 heterocycles. The largest absolute Gasteiger partial charge is 0.400 e. The van der Waals surface area contributed by atoms with Gasteiger partial charge in [-0.2, -0.15) is 13.8 Å². The van der Waals surface area contributed by atoms with E-state index < -0.39 is 17.1 Å². The van der Waals surface area contributed by atoms with Crippen LogP contribution in [0.1, 0.15) is 11.5 Å². The summed E-state index contributed by atoms with van der Waals surface area (Å²) in [4.78, 5) is 3.41. The molecule has 96 valence electrons. The normalized spacial score (nSPS) is 11.8. The number of hydrogen-bond donors (Lipinski definition) is 0. The number of hydrogen-bond acceptors (Lipinski definition) is 3. The summed E-state index contributed by atoms with van der Waals surface area (Å²) in [5.74, 6) is -1.66. The molecule has 0 unspecified atom stereocenters. The molecule has 0 radical (unpaired) electrons. The molecule has 0 aliphatic carbocycles. The van der Waals surface area contributed by atoms with Gasteiger partial charge in [-0.15, -0.1) is 0 Å². The molecule has 1 aromatic heterocycles. The molecular weight excluding hydrogens is 336 g/mol. The topological polar surface area (TPSA) is 38.9 Å². The molecule has 1 aromatic carbocycles. The first-order valence-electron chi connectivity index (χ1n) is 4.67. The van der Waals surface area contributed by atoms with Crippen molar-refractivity contribution in [1.29, 1.82) is 0 Å². The fourth-order valence-corrected chi connectivity index (χ4v) is 1.78. The molecule has 18 heavy (non-hydrogen) atoms. The molecule has 0 spiro atoms. The molecule has 3 nitrogen and oxygen atoms in total. The molecule has 0 saturated heterocycles. The summed E-state index contributed by atoms with van der Waals surface area (Å²) in [7, 11) is 0. The zero-order chi connectivity index (χ0) is 13.3. The Morgan fingerprint density at radius 1 is 1.39 bits per heavy atom. The van der Waals surface area contributed by atoms with Gasteiger partial charge in [0.2, 0.25) is 5.82 Å². The second-order valence-corrected chi connectivity index (χ2v) is 4.40. The Bertz CT molecular complexity index is 570. The van der Waals surface area contributed by atoms with Crippen LogP contribution in [-0.4, -0.2) is 10.1 Å². The van der Waals surface area contributed by atoms with Crippen LogP contribution in [0.2, 0.25) is 0 Å². The highest BCUT2D eigenvalue weighted by molar-refractivity contribution is 9.08. The molecule has 0 amide bonds. The number of halogens is 5. The van der Waals surface area contributed by atoms with Crippen LogP contribution < -0.4 is 0 Å². The van der Waals surface area contributed by atoms with Gasteiger partial charge in [0.05, 0.1) is 0 Å². The van der Waals surface area contributed by atoms with Crippen LogP contribution in [0.25, 0.3) is 11.4 Å². The van der Waals surface area contributed by atoms with Crippen molar-refractivity contribution in [2.45, 2.75) is 10.7 Å². The monoisotopic (exact) mass is 340 g/mol. The summed E-state index contributed by atoms with van der Waals surface area (Å²) in [5.41, 5.74) is 0.665. The van der Waals surface area contributed by atoms with Crippen molar-refractivity contribution in [2.75, 3.05) is 0 Å². The number of alkyl halides is 4. The molecule has 8 heteroatoms. The van der Waals surface area contributed by atoms with Gasteiger partial charge in [0.15, 0.2) is 0 Å². The Morgan fingerprint density at radius 3 is 2.61 bits per heavy atom. The minimum atomic E-state index is -3.74. The number of aromatic nitrogens is 2. The minimum absolute atomic E-state index is 0.148. The summed E-state index contributed by atoms with van der Waals surface area (Å²) in [6.07, 6.45) is 0. The molecule has 0 aliphatic rings. The highest BCUT2D eigenvalue weighted by Crippen LogP contribution is 2.32. The zero-order valence-corrected chi connectivity index (χ0v) is 11.0. The first-order valence-corrected chi connectivity index (χ1v) is 6.17. The van der Waals surface area contributed by atoms with Gasteiger partial charge in [0, 0.05) is 10.9 Å². The molecule has 0 saturated carbocycles. The predicted octanol–water partition coefficient (Wildman–Crippen LogP) is 4.06. The lowest BCUT2D eigenvalue weighted by molar-refractivity contribution is 0.0551. The van der Waals surface area contributed by atoms with Crippen molar-refractivity contribution in [2.24, 2.45) is 0 Å². The molecule has 0 N–H and O–H groups in total. The van der Waals surface area contributed by atoms with Crippen LogP contribution in [0.3, 0.4) is 0 Å². The van der Waals surface area contributed by atoms with Crippen LogP contribution in [-0.2, 0) is 10.7 Å². The summed E-state index contributed by atoms with van der Waals surface area (Å²) >= 11 is 7.84. The second-order valence-electron chi connectivity index (χ2n) is 3.36. The molecule has 2 aromatic rings. The van der Waals surface area contributed by atoms with Gasteiger partial charge in [0.1, 0.15) is 5.82 Å². The maximum absolute atomic E-state index is 13.5. The molecule has 0 aliphatic heterocycles. The van der Waals surface area contributed by atoms with Gasteiger partial charge in [-0.1, -0.05) is 33.2 Å². The Morgan fingerprint density at radius 2 is 2.11 bits per heavy atom. The highest BCUT2D eigenvalue weighted by Gasteiger charge is 2.35. The van der Waals surface area contributed by atoms with Crippen molar-refractivity contribution in [3.05, 3.63) is 35.5 Å². The summed E-state index contributed by atoms with van der Waals surface area (Å²) < 4.78 is 43.1. The molecule has 0 atom stereocenters. The van der Waals surface area contributed by atoms with E-state index in [1.165, 1.54) is 12.1 Å². The lowest BCUT2D eigenvalue weighted by Crippen LogP contribution is -2.03. The maximum atomic E-state index is 13.5. The van der Waals surface area contributed by atoms with Crippen LogP contribution in [0, 0.1) is 5.82 Å². The number of nitrogens with zero attached hydrogens (tertiary/aromatic N) is 2. The average molecular weight is 342 g/mol. The third kappa shape index (κ3) is 2.67. The Balaban J connectivity index is 2.38. The first kappa shape index (κ1) is 13.4. The third-order valence-electron chi connectivity index (χ3n) is 2.12. The molecular formula is C10H5BrClF3N2O. The Labute approximate surface area is 113 Å². The summed E-state index contributed by atoms with van der Waals surface area (Å²) in [6, 6.07) is 4.13. The maximum Gasteiger partial charge on any atom is 0.400 e. The SMILES string of the molecule is Fc1cc(-c2noc(C(F)(F)Cl)n2)ccc1CBr. The van der Waals surface area contributed by atoms with Gasteiger partial charge in [0.25, 0.3) is 0 Å². The van der Waals surface area contributed by atoms with Gasteiger partial charge in [-0.3, -0.25) is 0 Å². The van der Waals surface area contributed by atoms with E-state index in [4.69, 9.17) is 11.6 Å². The van der Waals surface area contributed by atoms with E-state index >= 15 is 0 Å². The third-order valence-corrected chi connectivity index (χ3v) is 2.89. The standard InChI is InChI=1S/C10H5BrClF3N2O/c11-4-6-2-1-5(3-7(6)13)8-16-9(18-17-8)10(12,14)15/h1-3H,4H2. The van der Waals surface area contributed by atoms with Crippen LogP contribution in [0.4, 0.5) is 13.2 Å². The molecule has 0 bridgehead atoms. The summed E-state index contributed by atoms with van der Waals surface area (Å²) in [6.45, 7) is 0. The Kier molecular flexibility index (Phi) is 3.63. The second kappa shape index (κ2) is 4.89. The van der Waals surface area contributed by atoms with E-state index in [-0.39, 0.29) is 11.4 Å². The van der Waals surface area contributed by atoms with Gasteiger partial charge in [-0.05, 0) is 23.2 Å². The lowest BCUT2D eigenvalue weighted by atomic mass is 10.1. The van der Waals surface area contributed by atoms with Gasteiger partial charge >= 0.3 is 11.3 Å². The van der Waals surface area contributed by atoms with Gasteiger partial charge in [-0.25, -0.2) is 4.39 Å². The van der Waals surface area contributed by atoms with Crippen molar-refractivity contribution in [3.8, 4) is 11.4 Å². The zero-order valence-electron chi connectivity index (χ0n) is 8.63. The van der Waals surface area contributed by atoms with E-state index in [0.29, 0.717) is 10.9 Å². The van der Waals surface area contributed by atoms with Crippen LogP contribution in [0.15, 0.2) is 22.7 Å². The van der Waals surface area contributed by atoms with E-state index in [2.05, 4.69) is 30.6 Å². The fourth-order valence-electron chi connectivity index (χ4n) is 1.25. The minimum Gasteiger partial charge on any atom is -0.331 e. The van der Waals surface area contributed by atoms with E-state index in [9.17, 15) is 13.2 Å². The smallest absolute Gasteiger partial charge is 0.331 e. The van der Waals surface area contributed by atoms with E-state index in [0.717, 1.165) is 6.07 Å². The Hall–Kier alpha value is -1.08. The van der Waals surface area contributed by atoms with Crippen LogP contribution in [0.5, 0.6) is 0 Å². The quantitative estimate of drug-likeness (QED) is 0.790. The lowest BCUT2D eigenvalue weighted by Gasteiger charge is -2.00. The summed E-state index contributed by atoms with van der Waals surface area (Å²) in [5, 5.41) is -0.0723. The first-order chi connectivity index (χ1) is 8.41. The average Bonchev–Trinajstić information content (AvgIpc) is 2.77.